The Balaban J connectivity index is 1.27. The summed E-state index contributed by atoms with van der Waals surface area (Å²) >= 11 is 2.59. The van der Waals surface area contributed by atoms with Crippen molar-refractivity contribution >= 4 is 44.7 Å². The second-order valence-electron chi connectivity index (χ2n) is 9.46. The van der Waals surface area contributed by atoms with Crippen molar-refractivity contribution in [3.05, 3.63) is 125 Å². The van der Waals surface area contributed by atoms with E-state index in [1.807, 2.05) is 98.8 Å². The van der Waals surface area contributed by atoms with Crippen LogP contribution in [0.5, 0.6) is 0 Å². The summed E-state index contributed by atoms with van der Waals surface area (Å²) < 4.78 is 3.80. The zero-order chi connectivity index (χ0) is 27.4. The predicted molar refractivity (Wildman–Crippen MR) is 159 cm³/mol. The van der Waals surface area contributed by atoms with Gasteiger partial charge in [0.05, 0.1) is 9.06 Å². The molecule has 0 unspecified atom stereocenters. The number of benzene rings is 3. The molecule has 40 heavy (non-hydrogen) atoms. The normalized spacial score (nSPS) is 12.8. The van der Waals surface area contributed by atoms with E-state index < -0.39 is 0 Å². The van der Waals surface area contributed by atoms with Crippen molar-refractivity contribution in [1.82, 2.24) is 29.2 Å². The van der Waals surface area contributed by atoms with Crippen LogP contribution < -0.4 is 20.2 Å². The molecule has 0 spiro atoms. The molecule has 0 aliphatic rings. The quantitative estimate of drug-likeness (QED) is 0.326. The van der Waals surface area contributed by atoms with Crippen LogP contribution >= 0.6 is 22.7 Å². The second kappa shape index (κ2) is 9.44. The van der Waals surface area contributed by atoms with E-state index in [0.717, 1.165) is 22.3 Å². The number of rotatable bonds is 4. The number of nitrogens with zero attached hydrogens (tertiary/aromatic N) is 6. The Morgan fingerprint density at radius 1 is 0.600 bits per heavy atom. The molecule has 0 fully saturated rings. The molecule has 7 rings (SSSR count). The summed E-state index contributed by atoms with van der Waals surface area (Å²) in [6, 6.07) is 23.4. The lowest BCUT2D eigenvalue weighted by Gasteiger charge is -2.01. The summed E-state index contributed by atoms with van der Waals surface area (Å²) in [5, 5.41) is 9.06. The lowest BCUT2D eigenvalue weighted by atomic mass is 10.1. The highest BCUT2D eigenvalue weighted by Gasteiger charge is 2.19. The molecular weight excluding hydrogens is 541 g/mol. The molecule has 0 aliphatic carbocycles. The van der Waals surface area contributed by atoms with E-state index in [1.54, 1.807) is 0 Å². The van der Waals surface area contributed by atoms with Gasteiger partial charge in [-0.05, 0) is 37.1 Å². The highest BCUT2D eigenvalue weighted by atomic mass is 32.1. The Hall–Kier alpha value is -4.80. The van der Waals surface area contributed by atoms with Gasteiger partial charge in [-0.15, -0.1) is 10.2 Å². The maximum atomic E-state index is 13.1. The Kier molecular flexibility index (Phi) is 5.72. The van der Waals surface area contributed by atoms with Gasteiger partial charge in [0, 0.05) is 11.1 Å². The molecule has 0 aliphatic heterocycles. The van der Waals surface area contributed by atoms with Gasteiger partial charge in [0.25, 0.3) is 11.1 Å². The first-order chi connectivity index (χ1) is 19.4. The second-order valence-corrected chi connectivity index (χ2v) is 11.5. The van der Waals surface area contributed by atoms with Crippen molar-refractivity contribution in [1.29, 1.82) is 0 Å². The number of aryl methyl sites for hydroxylation is 2. The van der Waals surface area contributed by atoms with Gasteiger partial charge in [-0.1, -0.05) is 107 Å². The molecule has 0 saturated heterocycles. The smallest absolute Gasteiger partial charge is 0.266 e. The third kappa shape index (κ3) is 4.23. The van der Waals surface area contributed by atoms with E-state index in [0.29, 0.717) is 41.8 Å². The predicted octanol–water partition coefficient (Wildman–Crippen LogP) is 3.66. The third-order valence-electron chi connectivity index (χ3n) is 6.52. The van der Waals surface area contributed by atoms with Gasteiger partial charge in [0.2, 0.25) is 9.92 Å². The average Bonchev–Trinajstić information content (AvgIpc) is 3.70. The maximum Gasteiger partial charge on any atom is 0.291 e. The third-order valence-corrected chi connectivity index (χ3v) is 8.44. The van der Waals surface area contributed by atoms with Crippen molar-refractivity contribution < 1.29 is 0 Å². The van der Waals surface area contributed by atoms with Crippen LogP contribution in [-0.4, -0.2) is 29.2 Å². The van der Waals surface area contributed by atoms with Crippen molar-refractivity contribution in [3.63, 3.8) is 0 Å². The van der Waals surface area contributed by atoms with Crippen molar-refractivity contribution in [2.24, 2.45) is 0 Å². The lowest BCUT2D eigenvalue weighted by Crippen LogP contribution is -2.23. The Morgan fingerprint density at radius 2 is 1.00 bits per heavy atom. The zero-order valence-corrected chi connectivity index (χ0v) is 23.0. The van der Waals surface area contributed by atoms with Gasteiger partial charge >= 0.3 is 0 Å². The summed E-state index contributed by atoms with van der Waals surface area (Å²) in [6.45, 7) is 4.05. The number of aromatic nitrogens is 6. The van der Waals surface area contributed by atoms with Crippen LogP contribution in [0.4, 0.5) is 0 Å². The Bertz CT molecular complexity index is 2110. The van der Waals surface area contributed by atoms with Crippen LogP contribution in [0.1, 0.15) is 22.3 Å². The van der Waals surface area contributed by atoms with E-state index in [2.05, 4.69) is 20.2 Å². The van der Waals surface area contributed by atoms with Gasteiger partial charge < -0.3 is 0 Å². The average molecular weight is 561 g/mol. The van der Waals surface area contributed by atoms with E-state index in [9.17, 15) is 9.59 Å². The molecule has 7 aromatic rings. The molecule has 0 atom stereocenters. The molecule has 4 aromatic heterocycles. The summed E-state index contributed by atoms with van der Waals surface area (Å²) in [5.74, 6) is 0.796. The molecule has 4 heterocycles. The summed E-state index contributed by atoms with van der Waals surface area (Å²) in [4.78, 5) is 36.5. The number of thiazole rings is 2. The van der Waals surface area contributed by atoms with E-state index >= 15 is 0 Å². The molecule has 0 saturated carbocycles. The Labute approximate surface area is 234 Å². The monoisotopic (exact) mass is 560 g/mol. The van der Waals surface area contributed by atoms with Crippen molar-refractivity contribution in [3.8, 4) is 22.8 Å². The topological polar surface area (TPSA) is 94.5 Å². The van der Waals surface area contributed by atoms with Crippen LogP contribution in [0.3, 0.4) is 0 Å². The molecule has 0 radical (unpaired) electrons. The molecule has 194 valence electrons. The fraction of sp³-hybridized carbons (Fsp3) is 0.0667. The molecule has 8 nitrogen and oxygen atoms in total. The number of hydrogen-bond donors (Lipinski definition) is 0. The molecule has 0 bridgehead atoms. The van der Waals surface area contributed by atoms with E-state index in [-0.39, 0.29) is 11.1 Å². The van der Waals surface area contributed by atoms with Crippen LogP contribution in [-0.2, 0) is 0 Å². The van der Waals surface area contributed by atoms with Gasteiger partial charge in [0.15, 0.2) is 11.6 Å². The molecule has 0 amide bonds. The zero-order valence-electron chi connectivity index (χ0n) is 21.4. The first-order valence-electron chi connectivity index (χ1n) is 12.5. The molecule has 3 aromatic carbocycles. The van der Waals surface area contributed by atoms with Crippen molar-refractivity contribution in [2.75, 3.05) is 0 Å². The standard InChI is InChI=1S/C30H20N6O2S2/c1-17-7-11-19(12-8-17)15-23-27(37)35-29(39-23)31-25(33-35)21-5-3-4-6-22(21)26-32-30-36(34-26)28(38)24(40-30)16-20-13-9-18(2)10-14-20/h3-16H,1-2H3/b23-15+,24-16+. The highest BCUT2D eigenvalue weighted by molar-refractivity contribution is 7.15. The Morgan fingerprint density at radius 3 is 1.38 bits per heavy atom. The van der Waals surface area contributed by atoms with Gasteiger partial charge in [0.1, 0.15) is 0 Å². The molecule has 10 heteroatoms. The fourth-order valence-corrected chi connectivity index (χ4v) is 6.21. The van der Waals surface area contributed by atoms with Crippen LogP contribution in [0.25, 0.3) is 44.8 Å². The largest absolute Gasteiger partial charge is 0.291 e. The first-order valence-corrected chi connectivity index (χ1v) is 14.1. The minimum atomic E-state index is -0.217. The van der Waals surface area contributed by atoms with Gasteiger partial charge in [-0.2, -0.15) is 19.0 Å². The summed E-state index contributed by atoms with van der Waals surface area (Å²) in [6.07, 6.45) is 3.70. The molecular formula is C30H20N6O2S2. The summed E-state index contributed by atoms with van der Waals surface area (Å²) in [5.41, 5.74) is 5.13. The summed E-state index contributed by atoms with van der Waals surface area (Å²) in [7, 11) is 0. The van der Waals surface area contributed by atoms with Crippen LogP contribution in [0.15, 0.2) is 82.4 Å². The minimum Gasteiger partial charge on any atom is -0.266 e. The van der Waals surface area contributed by atoms with Gasteiger partial charge in [-0.25, -0.2) is 0 Å². The van der Waals surface area contributed by atoms with Crippen molar-refractivity contribution in [2.45, 2.75) is 13.8 Å². The van der Waals surface area contributed by atoms with E-state index in [1.165, 1.54) is 31.7 Å². The minimum absolute atomic E-state index is 0.217. The van der Waals surface area contributed by atoms with Crippen LogP contribution in [0, 0.1) is 13.8 Å². The fourth-order valence-electron chi connectivity index (χ4n) is 4.40. The first kappa shape index (κ1) is 24.3. The van der Waals surface area contributed by atoms with Gasteiger partial charge in [-0.3, -0.25) is 9.59 Å². The maximum absolute atomic E-state index is 13.1. The SMILES string of the molecule is Cc1ccc(/C=c2/sc3nc(-c4ccccc4-c4nc5s/c(=C/c6ccc(C)cc6)c(=O)n5n4)nn3c2=O)cc1. The lowest BCUT2D eigenvalue weighted by molar-refractivity contribution is 0.932. The van der Waals surface area contributed by atoms with Crippen LogP contribution in [0.2, 0.25) is 0 Å². The highest BCUT2D eigenvalue weighted by Crippen LogP contribution is 2.29. The van der Waals surface area contributed by atoms with E-state index in [4.69, 9.17) is 0 Å². The number of hydrogen-bond acceptors (Lipinski definition) is 8. The molecule has 0 N–H and O–H groups in total. The number of fused-ring (bicyclic) bond motifs is 2.